The molecule has 0 radical (unpaired) electrons. The minimum Gasteiger partial charge on any atom is -0.493 e. The van der Waals surface area contributed by atoms with Crippen LogP contribution in [-0.2, 0) is 0 Å². The van der Waals surface area contributed by atoms with Crippen molar-refractivity contribution in [2.75, 3.05) is 20.2 Å². The van der Waals surface area contributed by atoms with Crippen LogP contribution in [0.25, 0.3) is 0 Å². The van der Waals surface area contributed by atoms with E-state index >= 15 is 0 Å². The lowest BCUT2D eigenvalue weighted by atomic mass is 9.89. The number of halogens is 1. The van der Waals surface area contributed by atoms with E-state index in [1.54, 1.807) is 13.2 Å². The van der Waals surface area contributed by atoms with E-state index in [1.165, 1.54) is 6.07 Å². The molecule has 0 amide bonds. The van der Waals surface area contributed by atoms with Gasteiger partial charge < -0.3 is 14.8 Å². The van der Waals surface area contributed by atoms with Crippen molar-refractivity contribution in [1.82, 2.24) is 5.32 Å². The maximum Gasteiger partial charge on any atom is 0.165 e. The fourth-order valence-electron chi connectivity index (χ4n) is 2.66. The molecule has 0 unspecified atom stereocenters. The molecule has 19 heavy (non-hydrogen) atoms. The van der Waals surface area contributed by atoms with Crippen LogP contribution < -0.4 is 14.8 Å². The molecule has 1 saturated carbocycles. The number of hydrogen-bond donors (Lipinski definition) is 1. The predicted octanol–water partition coefficient (Wildman–Crippen LogP) is 2.84. The Bertz CT molecular complexity index is 454. The molecular formula is C15H20FNO2. The molecule has 1 heterocycles. The third-order valence-electron chi connectivity index (χ3n) is 3.86. The fourth-order valence-corrected chi connectivity index (χ4v) is 2.66. The molecule has 2 aliphatic rings. The van der Waals surface area contributed by atoms with Crippen LogP contribution in [0.4, 0.5) is 4.39 Å². The average Bonchev–Trinajstić information content (AvgIpc) is 3.25. The Hall–Kier alpha value is -1.29. The molecule has 1 saturated heterocycles. The Balaban J connectivity index is 1.95. The lowest BCUT2D eigenvalue weighted by Crippen LogP contribution is -2.27. The second-order valence-corrected chi connectivity index (χ2v) is 5.37. The van der Waals surface area contributed by atoms with Crippen LogP contribution in [-0.4, -0.2) is 26.3 Å². The van der Waals surface area contributed by atoms with Crippen LogP contribution in [0.1, 0.15) is 37.2 Å². The van der Waals surface area contributed by atoms with E-state index in [4.69, 9.17) is 9.47 Å². The summed E-state index contributed by atoms with van der Waals surface area (Å²) in [6.45, 7) is 1.96. The molecule has 2 fully saturated rings. The van der Waals surface area contributed by atoms with E-state index in [-0.39, 0.29) is 5.82 Å². The second-order valence-electron chi connectivity index (χ2n) is 5.37. The zero-order valence-electron chi connectivity index (χ0n) is 11.2. The van der Waals surface area contributed by atoms with Gasteiger partial charge in [-0.15, -0.1) is 0 Å². The Kier molecular flexibility index (Phi) is 3.60. The van der Waals surface area contributed by atoms with E-state index in [2.05, 4.69) is 5.32 Å². The van der Waals surface area contributed by atoms with E-state index in [0.717, 1.165) is 50.1 Å². The van der Waals surface area contributed by atoms with Crippen molar-refractivity contribution >= 4 is 0 Å². The van der Waals surface area contributed by atoms with Gasteiger partial charge in [-0.05, 0) is 50.8 Å². The van der Waals surface area contributed by atoms with Crippen molar-refractivity contribution in [3.05, 3.63) is 23.5 Å². The van der Waals surface area contributed by atoms with Gasteiger partial charge in [-0.25, -0.2) is 4.39 Å². The maximum absolute atomic E-state index is 13.8. The van der Waals surface area contributed by atoms with Crippen LogP contribution in [0, 0.1) is 5.82 Å². The van der Waals surface area contributed by atoms with E-state index in [1.807, 2.05) is 0 Å². The normalized spacial score (nSPS) is 20.3. The molecule has 104 valence electrons. The van der Waals surface area contributed by atoms with E-state index in [9.17, 15) is 4.39 Å². The Labute approximate surface area is 113 Å². The smallest absolute Gasteiger partial charge is 0.165 e. The van der Waals surface area contributed by atoms with Crippen molar-refractivity contribution in [3.63, 3.8) is 0 Å². The van der Waals surface area contributed by atoms with Gasteiger partial charge in [0.05, 0.1) is 13.2 Å². The molecule has 3 nitrogen and oxygen atoms in total. The quantitative estimate of drug-likeness (QED) is 0.908. The van der Waals surface area contributed by atoms with Crippen molar-refractivity contribution in [1.29, 1.82) is 0 Å². The number of piperidine rings is 1. The molecule has 0 spiro atoms. The summed E-state index contributed by atoms with van der Waals surface area (Å²) >= 11 is 0. The zero-order valence-corrected chi connectivity index (χ0v) is 11.2. The fraction of sp³-hybridized carbons (Fsp3) is 0.600. The number of methoxy groups -OCH3 is 1. The van der Waals surface area contributed by atoms with Crippen LogP contribution in [0.5, 0.6) is 11.5 Å². The first-order valence-corrected chi connectivity index (χ1v) is 7.02. The first-order chi connectivity index (χ1) is 9.28. The summed E-state index contributed by atoms with van der Waals surface area (Å²) in [6, 6.07) is 3.04. The molecule has 1 aliphatic carbocycles. The molecule has 0 aromatic heterocycles. The van der Waals surface area contributed by atoms with Crippen LogP contribution in [0.3, 0.4) is 0 Å². The number of ether oxygens (including phenoxy) is 2. The largest absolute Gasteiger partial charge is 0.493 e. The van der Waals surface area contributed by atoms with Gasteiger partial charge in [-0.1, -0.05) is 0 Å². The minimum atomic E-state index is -0.242. The first kappa shape index (κ1) is 12.7. The molecule has 3 rings (SSSR count). The Morgan fingerprint density at radius 1 is 1.16 bits per heavy atom. The lowest BCUT2D eigenvalue weighted by Gasteiger charge is -2.26. The van der Waals surface area contributed by atoms with Crippen molar-refractivity contribution in [2.24, 2.45) is 0 Å². The topological polar surface area (TPSA) is 30.5 Å². The molecule has 4 heteroatoms. The van der Waals surface area contributed by atoms with Gasteiger partial charge >= 0.3 is 0 Å². The lowest BCUT2D eigenvalue weighted by molar-refractivity contribution is 0.273. The molecule has 1 aromatic carbocycles. The van der Waals surface area contributed by atoms with Gasteiger partial charge in [-0.3, -0.25) is 0 Å². The molecule has 1 N–H and O–H groups in total. The highest BCUT2D eigenvalue weighted by molar-refractivity contribution is 5.49. The van der Waals surface area contributed by atoms with Crippen LogP contribution in [0.2, 0.25) is 0 Å². The summed E-state index contributed by atoms with van der Waals surface area (Å²) in [5.41, 5.74) is 0.977. The number of nitrogens with one attached hydrogen (secondary N) is 1. The summed E-state index contributed by atoms with van der Waals surface area (Å²) in [6.07, 6.45) is 4.51. The van der Waals surface area contributed by atoms with Crippen molar-refractivity contribution in [2.45, 2.75) is 37.7 Å². The second kappa shape index (κ2) is 5.37. The summed E-state index contributed by atoms with van der Waals surface area (Å²) in [7, 11) is 1.57. The average molecular weight is 265 g/mol. The molecule has 0 bridgehead atoms. The third kappa shape index (κ3) is 2.84. The van der Waals surface area contributed by atoms with Gasteiger partial charge in [0.15, 0.2) is 11.5 Å². The summed E-state index contributed by atoms with van der Waals surface area (Å²) < 4.78 is 25.0. The minimum absolute atomic E-state index is 0.242. The number of hydrogen-bond acceptors (Lipinski definition) is 3. The molecular weight excluding hydrogens is 245 g/mol. The standard InChI is InChI=1S/C15H20FNO2/c1-18-14-9-11(16)8-13(10-4-6-17-7-5-10)15(14)19-12-2-3-12/h8-10,12,17H,2-7H2,1H3. The van der Waals surface area contributed by atoms with E-state index in [0.29, 0.717) is 17.8 Å². The highest BCUT2D eigenvalue weighted by atomic mass is 19.1. The van der Waals surface area contributed by atoms with Crippen LogP contribution >= 0.6 is 0 Å². The Morgan fingerprint density at radius 3 is 2.53 bits per heavy atom. The number of rotatable bonds is 4. The first-order valence-electron chi connectivity index (χ1n) is 7.02. The highest BCUT2D eigenvalue weighted by Gasteiger charge is 2.29. The van der Waals surface area contributed by atoms with Crippen molar-refractivity contribution in [3.8, 4) is 11.5 Å². The summed E-state index contributed by atoms with van der Waals surface area (Å²) in [4.78, 5) is 0. The number of benzene rings is 1. The Morgan fingerprint density at radius 2 is 1.89 bits per heavy atom. The van der Waals surface area contributed by atoms with Gasteiger partial charge in [0.25, 0.3) is 0 Å². The van der Waals surface area contributed by atoms with E-state index < -0.39 is 0 Å². The predicted molar refractivity (Wildman–Crippen MR) is 71.4 cm³/mol. The molecule has 0 atom stereocenters. The highest BCUT2D eigenvalue weighted by Crippen LogP contribution is 2.42. The summed E-state index contributed by atoms with van der Waals surface area (Å²) in [5.74, 6) is 1.41. The zero-order chi connectivity index (χ0) is 13.2. The van der Waals surface area contributed by atoms with Gasteiger partial charge in [0, 0.05) is 11.6 Å². The molecule has 1 aromatic rings. The van der Waals surface area contributed by atoms with Gasteiger partial charge in [-0.2, -0.15) is 0 Å². The SMILES string of the molecule is COc1cc(F)cc(C2CCNCC2)c1OC1CC1. The van der Waals surface area contributed by atoms with Crippen LogP contribution in [0.15, 0.2) is 12.1 Å². The monoisotopic (exact) mass is 265 g/mol. The van der Waals surface area contributed by atoms with Crippen molar-refractivity contribution < 1.29 is 13.9 Å². The third-order valence-corrected chi connectivity index (χ3v) is 3.86. The maximum atomic E-state index is 13.8. The molecule has 1 aliphatic heterocycles. The van der Waals surface area contributed by atoms with Gasteiger partial charge in [0.2, 0.25) is 0 Å². The summed E-state index contributed by atoms with van der Waals surface area (Å²) in [5, 5.41) is 3.33. The van der Waals surface area contributed by atoms with Gasteiger partial charge in [0.1, 0.15) is 5.82 Å².